The highest BCUT2D eigenvalue weighted by Crippen LogP contribution is 2.08. The fourth-order valence-electron chi connectivity index (χ4n) is 0.320. The maximum atomic E-state index is 8.69. The summed E-state index contributed by atoms with van der Waals surface area (Å²) in [6.07, 6.45) is -0.252. The van der Waals surface area contributed by atoms with Gasteiger partial charge in [0.2, 0.25) is 0 Å². The Balaban J connectivity index is 3.24. The molecule has 48 valence electrons. The van der Waals surface area contributed by atoms with Gasteiger partial charge in [0.15, 0.2) is 0 Å². The summed E-state index contributed by atoms with van der Waals surface area (Å²) >= 11 is 3.05. The molecule has 0 spiro atoms. The first-order valence-corrected chi connectivity index (χ1v) is 3.08. The van der Waals surface area contributed by atoms with Crippen molar-refractivity contribution in [2.75, 3.05) is 6.61 Å². The zero-order chi connectivity index (χ0) is 6.57. The van der Waals surface area contributed by atoms with Gasteiger partial charge in [0.1, 0.15) is 0 Å². The number of aliphatic hydroxyl groups excluding tert-OH is 2. The van der Waals surface area contributed by atoms with Crippen LogP contribution in [0.15, 0.2) is 11.1 Å². The van der Waals surface area contributed by atoms with E-state index in [-0.39, 0.29) is 6.61 Å². The lowest BCUT2D eigenvalue weighted by Crippen LogP contribution is -2.10. The van der Waals surface area contributed by atoms with E-state index in [4.69, 9.17) is 10.2 Å². The molecule has 3 heteroatoms. The van der Waals surface area contributed by atoms with Gasteiger partial charge in [-0.3, -0.25) is 0 Å². The monoisotopic (exact) mass is 180 g/mol. The second kappa shape index (κ2) is 4.06. The van der Waals surface area contributed by atoms with Crippen LogP contribution >= 0.6 is 15.9 Å². The Morgan fingerprint density at radius 1 is 1.75 bits per heavy atom. The van der Waals surface area contributed by atoms with Crippen molar-refractivity contribution in [2.24, 2.45) is 0 Å². The number of rotatable bonds is 3. The molecule has 0 aliphatic heterocycles. The predicted molar refractivity (Wildman–Crippen MR) is 35.8 cm³/mol. The van der Waals surface area contributed by atoms with Crippen molar-refractivity contribution in [3.8, 4) is 0 Å². The van der Waals surface area contributed by atoms with Crippen LogP contribution < -0.4 is 0 Å². The lowest BCUT2D eigenvalue weighted by atomic mass is 10.3. The van der Waals surface area contributed by atoms with Gasteiger partial charge in [0, 0.05) is 6.42 Å². The summed E-state index contributed by atoms with van der Waals surface area (Å²) in [5.74, 6) is 0. The van der Waals surface area contributed by atoms with Gasteiger partial charge in [-0.2, -0.15) is 0 Å². The van der Waals surface area contributed by atoms with Gasteiger partial charge in [-0.1, -0.05) is 22.5 Å². The fourth-order valence-corrected chi connectivity index (χ4v) is 0.694. The molecule has 1 atom stereocenters. The van der Waals surface area contributed by atoms with Crippen molar-refractivity contribution in [1.29, 1.82) is 0 Å². The molecule has 0 amide bonds. The van der Waals surface area contributed by atoms with Crippen LogP contribution in [-0.2, 0) is 0 Å². The first kappa shape index (κ1) is 8.14. The van der Waals surface area contributed by atoms with E-state index in [1.807, 2.05) is 0 Å². The first-order valence-electron chi connectivity index (χ1n) is 2.29. The van der Waals surface area contributed by atoms with E-state index < -0.39 is 6.10 Å². The SMILES string of the molecule is C=C(Br)C[C@@H](O)CO. The average Bonchev–Trinajstić information content (AvgIpc) is 1.65. The minimum Gasteiger partial charge on any atom is -0.394 e. The van der Waals surface area contributed by atoms with Crippen molar-refractivity contribution in [3.05, 3.63) is 11.1 Å². The quantitative estimate of drug-likeness (QED) is 0.670. The van der Waals surface area contributed by atoms with Gasteiger partial charge in [-0.25, -0.2) is 0 Å². The molecule has 0 aromatic carbocycles. The molecule has 0 saturated heterocycles. The smallest absolute Gasteiger partial charge is 0.0816 e. The molecule has 2 nitrogen and oxygen atoms in total. The van der Waals surface area contributed by atoms with E-state index in [2.05, 4.69) is 22.5 Å². The van der Waals surface area contributed by atoms with E-state index in [0.29, 0.717) is 10.9 Å². The zero-order valence-electron chi connectivity index (χ0n) is 4.47. The van der Waals surface area contributed by atoms with Crippen LogP contribution in [0.4, 0.5) is 0 Å². The van der Waals surface area contributed by atoms with Crippen LogP contribution in [-0.4, -0.2) is 22.9 Å². The van der Waals surface area contributed by atoms with Crippen LogP contribution in [0.25, 0.3) is 0 Å². The Labute approximate surface area is 57.0 Å². The zero-order valence-corrected chi connectivity index (χ0v) is 6.06. The highest BCUT2D eigenvalue weighted by atomic mass is 79.9. The third-order valence-corrected chi connectivity index (χ3v) is 0.992. The van der Waals surface area contributed by atoms with Crippen molar-refractivity contribution in [3.63, 3.8) is 0 Å². The summed E-state index contributed by atoms with van der Waals surface area (Å²) in [6.45, 7) is 3.28. The van der Waals surface area contributed by atoms with E-state index in [1.165, 1.54) is 0 Å². The predicted octanol–water partition coefficient (Wildman–Crippen LogP) is 0.638. The summed E-state index contributed by atoms with van der Waals surface area (Å²) in [6, 6.07) is 0. The summed E-state index contributed by atoms with van der Waals surface area (Å²) in [5, 5.41) is 17.0. The standard InChI is InChI=1S/C5H9BrO2/c1-4(6)2-5(8)3-7/h5,7-8H,1-3H2/t5-/m1/s1. The molecular formula is C5H9BrO2. The van der Waals surface area contributed by atoms with E-state index in [0.717, 1.165) is 0 Å². The molecule has 8 heavy (non-hydrogen) atoms. The van der Waals surface area contributed by atoms with E-state index in [1.54, 1.807) is 0 Å². The normalized spacial score (nSPS) is 13.4. The van der Waals surface area contributed by atoms with Crippen LogP contribution in [0, 0.1) is 0 Å². The molecule has 0 aromatic rings. The Bertz CT molecular complexity index is 82.5. The first-order chi connectivity index (χ1) is 3.66. The third-order valence-electron chi connectivity index (χ3n) is 0.668. The molecule has 0 heterocycles. The molecule has 0 aliphatic rings. The lowest BCUT2D eigenvalue weighted by Gasteiger charge is -2.02. The number of aliphatic hydroxyl groups is 2. The van der Waals surface area contributed by atoms with Crippen molar-refractivity contribution in [1.82, 2.24) is 0 Å². The lowest BCUT2D eigenvalue weighted by molar-refractivity contribution is 0.0971. The van der Waals surface area contributed by atoms with Gasteiger partial charge >= 0.3 is 0 Å². The average molecular weight is 181 g/mol. The van der Waals surface area contributed by atoms with Crippen molar-refractivity contribution >= 4 is 15.9 Å². The van der Waals surface area contributed by atoms with Crippen molar-refractivity contribution in [2.45, 2.75) is 12.5 Å². The van der Waals surface area contributed by atoms with Gasteiger partial charge in [0.25, 0.3) is 0 Å². The Morgan fingerprint density at radius 3 is 2.38 bits per heavy atom. The van der Waals surface area contributed by atoms with E-state index in [9.17, 15) is 0 Å². The summed E-state index contributed by atoms with van der Waals surface area (Å²) in [4.78, 5) is 0. The molecule has 0 bridgehead atoms. The van der Waals surface area contributed by atoms with Gasteiger partial charge in [0.05, 0.1) is 12.7 Å². The van der Waals surface area contributed by atoms with Gasteiger partial charge in [-0.15, -0.1) is 0 Å². The molecule has 0 saturated carbocycles. The summed E-state index contributed by atoms with van der Waals surface area (Å²) in [7, 11) is 0. The van der Waals surface area contributed by atoms with Crippen LogP contribution in [0.1, 0.15) is 6.42 Å². The molecule has 2 N–H and O–H groups in total. The molecule has 0 rings (SSSR count). The number of halogens is 1. The molecule has 0 aliphatic carbocycles. The minimum absolute atomic E-state index is 0.204. The highest BCUT2D eigenvalue weighted by molar-refractivity contribution is 9.11. The number of hydrogen-bond acceptors (Lipinski definition) is 2. The maximum Gasteiger partial charge on any atom is 0.0816 e. The van der Waals surface area contributed by atoms with E-state index >= 15 is 0 Å². The third kappa shape index (κ3) is 4.30. The summed E-state index contributed by atoms with van der Waals surface area (Å²) in [5.41, 5.74) is 0. The Hall–Kier alpha value is 0.140. The molecular weight excluding hydrogens is 172 g/mol. The minimum atomic E-state index is -0.665. The second-order valence-electron chi connectivity index (χ2n) is 1.56. The van der Waals surface area contributed by atoms with Crippen molar-refractivity contribution < 1.29 is 10.2 Å². The Kier molecular flexibility index (Phi) is 4.13. The van der Waals surface area contributed by atoms with Gasteiger partial charge < -0.3 is 10.2 Å². The largest absolute Gasteiger partial charge is 0.394 e. The molecule has 0 radical (unpaired) electrons. The van der Waals surface area contributed by atoms with Crippen LogP contribution in [0.2, 0.25) is 0 Å². The van der Waals surface area contributed by atoms with Gasteiger partial charge in [-0.05, 0) is 4.48 Å². The Morgan fingerprint density at radius 2 is 2.25 bits per heavy atom. The highest BCUT2D eigenvalue weighted by Gasteiger charge is 2.00. The molecule has 0 unspecified atom stereocenters. The molecule has 0 aromatic heterocycles. The summed E-state index contributed by atoms with van der Waals surface area (Å²) < 4.78 is 0.707. The molecule has 0 fully saturated rings. The topological polar surface area (TPSA) is 40.5 Å². The maximum absolute atomic E-state index is 8.69. The number of hydrogen-bond donors (Lipinski definition) is 2. The van der Waals surface area contributed by atoms with Crippen LogP contribution in [0.3, 0.4) is 0 Å². The van der Waals surface area contributed by atoms with Crippen LogP contribution in [0.5, 0.6) is 0 Å². The second-order valence-corrected chi connectivity index (χ2v) is 2.68. The fraction of sp³-hybridized carbons (Fsp3) is 0.600.